The molecule has 0 saturated heterocycles. The number of rotatable bonds is 7. The lowest BCUT2D eigenvalue weighted by Gasteiger charge is -2.27. The third-order valence-corrected chi connectivity index (χ3v) is 4.66. The first-order valence-corrected chi connectivity index (χ1v) is 8.34. The average molecular weight is 273 g/mol. The minimum absolute atomic E-state index is 0.418. The molecule has 1 unspecified atom stereocenters. The molecular weight excluding hydrogens is 242 g/mol. The molecule has 1 aliphatic rings. The van der Waals surface area contributed by atoms with E-state index < -0.39 is 0 Å². The van der Waals surface area contributed by atoms with Crippen LogP contribution in [0.2, 0.25) is 0 Å². The Hall–Kier alpha value is -0.820. The van der Waals surface area contributed by atoms with E-state index in [4.69, 9.17) is 0 Å². The van der Waals surface area contributed by atoms with Gasteiger partial charge in [-0.2, -0.15) is 0 Å². The molecule has 112 valence electrons. The van der Waals surface area contributed by atoms with Crippen LogP contribution in [0.15, 0.2) is 18.2 Å². The van der Waals surface area contributed by atoms with Gasteiger partial charge < -0.3 is 5.32 Å². The van der Waals surface area contributed by atoms with E-state index in [1.165, 1.54) is 44.1 Å². The van der Waals surface area contributed by atoms with Gasteiger partial charge in [-0.15, -0.1) is 0 Å². The zero-order valence-corrected chi connectivity index (χ0v) is 13.8. The van der Waals surface area contributed by atoms with Crippen LogP contribution in [-0.2, 0) is 6.42 Å². The van der Waals surface area contributed by atoms with Crippen molar-refractivity contribution in [1.29, 1.82) is 0 Å². The van der Waals surface area contributed by atoms with Gasteiger partial charge in [0, 0.05) is 12.6 Å². The van der Waals surface area contributed by atoms with Crippen LogP contribution in [0.3, 0.4) is 0 Å². The lowest BCUT2D eigenvalue weighted by molar-refractivity contribution is 0.287. The molecule has 1 aromatic carbocycles. The highest BCUT2D eigenvalue weighted by atomic mass is 14.9. The Morgan fingerprint density at radius 2 is 2.05 bits per heavy atom. The fraction of sp³-hybridized carbons (Fsp3) is 0.684. The summed E-state index contributed by atoms with van der Waals surface area (Å²) < 4.78 is 0. The van der Waals surface area contributed by atoms with E-state index >= 15 is 0 Å². The van der Waals surface area contributed by atoms with Crippen LogP contribution in [0.25, 0.3) is 0 Å². The molecule has 1 nitrogen and oxygen atoms in total. The normalized spacial score (nSPS) is 18.3. The van der Waals surface area contributed by atoms with Crippen molar-refractivity contribution in [3.8, 4) is 0 Å². The molecule has 1 heteroatoms. The first-order chi connectivity index (χ1) is 9.52. The molecule has 20 heavy (non-hydrogen) atoms. The molecule has 0 amide bonds. The van der Waals surface area contributed by atoms with E-state index in [1.54, 1.807) is 11.1 Å². The summed E-state index contributed by atoms with van der Waals surface area (Å²) in [6.07, 6.45) is 7.90. The van der Waals surface area contributed by atoms with Crippen LogP contribution < -0.4 is 5.32 Å². The number of hydrogen-bond acceptors (Lipinski definition) is 1. The highest BCUT2D eigenvalue weighted by Gasteiger charge is 2.25. The van der Waals surface area contributed by atoms with Crippen molar-refractivity contribution in [3.63, 3.8) is 0 Å². The predicted octanol–water partition coefficient (Wildman–Crippen LogP) is 5.18. The fourth-order valence-corrected chi connectivity index (χ4v) is 3.28. The molecule has 0 bridgehead atoms. The zero-order chi connectivity index (χ0) is 14.6. The topological polar surface area (TPSA) is 12.0 Å². The average Bonchev–Trinajstić information content (AvgIpc) is 2.79. The maximum absolute atomic E-state index is 3.83. The van der Waals surface area contributed by atoms with E-state index in [0.717, 1.165) is 6.54 Å². The smallest absolute Gasteiger partial charge is 0.0326 e. The van der Waals surface area contributed by atoms with Crippen LogP contribution in [0.5, 0.6) is 0 Å². The Morgan fingerprint density at radius 3 is 2.80 bits per heavy atom. The summed E-state index contributed by atoms with van der Waals surface area (Å²) in [5.41, 5.74) is 4.91. The van der Waals surface area contributed by atoms with Gasteiger partial charge in [-0.1, -0.05) is 63.8 Å². The molecule has 0 aromatic heterocycles. The van der Waals surface area contributed by atoms with Crippen LogP contribution >= 0.6 is 0 Å². The number of unbranched alkanes of at least 4 members (excludes halogenated alkanes) is 2. The summed E-state index contributed by atoms with van der Waals surface area (Å²) in [7, 11) is 0. The van der Waals surface area contributed by atoms with Crippen molar-refractivity contribution in [2.45, 2.75) is 72.3 Å². The number of nitrogens with one attached hydrogen (secondary N) is 1. The van der Waals surface area contributed by atoms with Gasteiger partial charge in [0.25, 0.3) is 0 Å². The second-order valence-corrected chi connectivity index (χ2v) is 7.30. The summed E-state index contributed by atoms with van der Waals surface area (Å²) >= 11 is 0. The van der Waals surface area contributed by atoms with Gasteiger partial charge in [-0.05, 0) is 42.7 Å². The standard InChI is InChI=1S/C19H31N/c1-5-6-7-12-19(3,4)14-20-18-11-10-16-9-8-15(2)13-17(16)18/h8-9,13,18,20H,5-7,10-12,14H2,1-4H3. The molecule has 2 rings (SSSR count). The molecule has 1 N–H and O–H groups in total. The van der Waals surface area contributed by atoms with Crippen molar-refractivity contribution in [3.05, 3.63) is 34.9 Å². The van der Waals surface area contributed by atoms with Gasteiger partial charge in [-0.25, -0.2) is 0 Å². The molecule has 0 aliphatic heterocycles. The largest absolute Gasteiger partial charge is 0.309 e. The molecule has 1 atom stereocenters. The second-order valence-electron chi connectivity index (χ2n) is 7.30. The quantitative estimate of drug-likeness (QED) is 0.675. The third kappa shape index (κ3) is 4.09. The molecular formula is C19H31N. The first kappa shape index (κ1) is 15.6. The van der Waals surface area contributed by atoms with Crippen molar-refractivity contribution < 1.29 is 0 Å². The predicted molar refractivity (Wildman–Crippen MR) is 88.2 cm³/mol. The second kappa shape index (κ2) is 6.76. The maximum atomic E-state index is 3.83. The SMILES string of the molecule is CCCCCC(C)(C)CNC1CCc2ccc(C)cc21. The Morgan fingerprint density at radius 1 is 1.25 bits per heavy atom. The van der Waals surface area contributed by atoms with Crippen LogP contribution in [0.4, 0.5) is 0 Å². The number of hydrogen-bond donors (Lipinski definition) is 1. The van der Waals surface area contributed by atoms with E-state index in [9.17, 15) is 0 Å². The van der Waals surface area contributed by atoms with E-state index in [1.807, 2.05) is 0 Å². The first-order valence-electron chi connectivity index (χ1n) is 8.34. The number of fused-ring (bicyclic) bond motifs is 1. The Kier molecular flexibility index (Phi) is 5.26. The minimum Gasteiger partial charge on any atom is -0.309 e. The van der Waals surface area contributed by atoms with Crippen molar-refractivity contribution in [1.82, 2.24) is 5.32 Å². The molecule has 1 aliphatic carbocycles. The van der Waals surface area contributed by atoms with E-state index in [-0.39, 0.29) is 0 Å². The van der Waals surface area contributed by atoms with Gasteiger partial charge in [0.15, 0.2) is 0 Å². The Bertz CT molecular complexity index is 433. The van der Waals surface area contributed by atoms with Crippen molar-refractivity contribution in [2.75, 3.05) is 6.54 Å². The molecule has 0 spiro atoms. The molecule has 0 fully saturated rings. The number of benzene rings is 1. The van der Waals surface area contributed by atoms with Gasteiger partial charge in [0.1, 0.15) is 0 Å². The lowest BCUT2D eigenvalue weighted by atomic mass is 9.86. The summed E-state index contributed by atoms with van der Waals surface area (Å²) in [4.78, 5) is 0. The van der Waals surface area contributed by atoms with Gasteiger partial charge >= 0.3 is 0 Å². The zero-order valence-electron chi connectivity index (χ0n) is 13.8. The molecule has 1 aromatic rings. The highest BCUT2D eigenvalue weighted by molar-refractivity contribution is 5.37. The summed E-state index contributed by atoms with van der Waals surface area (Å²) in [6.45, 7) is 10.4. The number of aryl methyl sites for hydroxylation is 2. The maximum Gasteiger partial charge on any atom is 0.0326 e. The van der Waals surface area contributed by atoms with Crippen LogP contribution in [0.1, 0.15) is 75.6 Å². The van der Waals surface area contributed by atoms with Crippen molar-refractivity contribution >= 4 is 0 Å². The lowest BCUT2D eigenvalue weighted by Crippen LogP contribution is -2.31. The monoisotopic (exact) mass is 273 g/mol. The third-order valence-electron chi connectivity index (χ3n) is 4.66. The van der Waals surface area contributed by atoms with Gasteiger partial charge in [0.2, 0.25) is 0 Å². The Labute approximate surface area is 125 Å². The minimum atomic E-state index is 0.418. The van der Waals surface area contributed by atoms with Gasteiger partial charge in [0.05, 0.1) is 0 Å². The van der Waals surface area contributed by atoms with Crippen molar-refractivity contribution in [2.24, 2.45) is 5.41 Å². The fourth-order valence-electron chi connectivity index (χ4n) is 3.28. The Balaban J connectivity index is 1.88. The summed E-state index contributed by atoms with van der Waals surface area (Å²) in [5, 5.41) is 3.83. The highest BCUT2D eigenvalue weighted by Crippen LogP contribution is 2.33. The molecule has 0 heterocycles. The summed E-state index contributed by atoms with van der Waals surface area (Å²) in [5.74, 6) is 0. The van der Waals surface area contributed by atoms with E-state index in [0.29, 0.717) is 11.5 Å². The van der Waals surface area contributed by atoms with Gasteiger partial charge in [-0.3, -0.25) is 0 Å². The molecule has 0 saturated carbocycles. The van der Waals surface area contributed by atoms with Crippen LogP contribution in [-0.4, -0.2) is 6.54 Å². The van der Waals surface area contributed by atoms with E-state index in [2.05, 4.69) is 51.2 Å². The molecule has 0 radical (unpaired) electrons. The summed E-state index contributed by atoms with van der Waals surface area (Å²) in [6, 6.07) is 7.52. The van der Waals surface area contributed by atoms with Crippen LogP contribution in [0, 0.1) is 12.3 Å².